The van der Waals surface area contributed by atoms with Crippen LogP contribution in [0.1, 0.15) is 32.3 Å². The van der Waals surface area contributed by atoms with Crippen LogP contribution in [-0.2, 0) is 4.79 Å². The van der Waals surface area contributed by atoms with Crippen LogP contribution >= 0.6 is 0 Å². The first-order chi connectivity index (χ1) is 8.06. The van der Waals surface area contributed by atoms with Gasteiger partial charge in [-0.1, -0.05) is 20.3 Å². The van der Waals surface area contributed by atoms with Gasteiger partial charge < -0.3 is 5.32 Å². The molecule has 0 aliphatic carbocycles. The molecule has 3 nitrogen and oxygen atoms in total. The number of nitriles is 1. The topological polar surface area (TPSA) is 52.9 Å². The first-order valence-electron chi connectivity index (χ1n) is 5.56. The summed E-state index contributed by atoms with van der Waals surface area (Å²) in [6, 6.07) is 5.83. The second kappa shape index (κ2) is 6.00. The van der Waals surface area contributed by atoms with Gasteiger partial charge in [0.15, 0.2) is 0 Å². The zero-order valence-electron chi connectivity index (χ0n) is 9.96. The highest BCUT2D eigenvalue weighted by atomic mass is 19.1. The predicted molar refractivity (Wildman–Crippen MR) is 63.8 cm³/mol. The van der Waals surface area contributed by atoms with Gasteiger partial charge in [0, 0.05) is 6.42 Å². The molecule has 0 bridgehead atoms. The number of anilines is 1. The first-order valence-corrected chi connectivity index (χ1v) is 5.56. The maximum atomic E-state index is 13.5. The molecular formula is C13H15FN2O. The van der Waals surface area contributed by atoms with Crippen molar-refractivity contribution in [1.29, 1.82) is 5.26 Å². The highest BCUT2D eigenvalue weighted by Gasteiger charge is 2.10. The number of rotatable bonds is 4. The van der Waals surface area contributed by atoms with Crippen LogP contribution < -0.4 is 5.32 Å². The minimum Gasteiger partial charge on any atom is -0.324 e. The van der Waals surface area contributed by atoms with Gasteiger partial charge >= 0.3 is 0 Å². The predicted octanol–water partition coefficient (Wildman–Crippen LogP) is 3.07. The Hall–Kier alpha value is -1.89. The van der Waals surface area contributed by atoms with Gasteiger partial charge in [0.1, 0.15) is 5.82 Å². The maximum Gasteiger partial charge on any atom is 0.224 e. The number of carbonyl (C=O) groups is 1. The van der Waals surface area contributed by atoms with E-state index in [-0.39, 0.29) is 23.1 Å². The van der Waals surface area contributed by atoms with Crippen molar-refractivity contribution in [2.24, 2.45) is 5.92 Å². The number of hydrogen-bond acceptors (Lipinski definition) is 2. The molecule has 1 rings (SSSR count). The van der Waals surface area contributed by atoms with E-state index in [4.69, 9.17) is 5.26 Å². The Morgan fingerprint density at radius 1 is 1.59 bits per heavy atom. The summed E-state index contributed by atoms with van der Waals surface area (Å²) in [5.41, 5.74) is 0.361. The Bertz CT molecular complexity index is 451. The third kappa shape index (κ3) is 3.87. The van der Waals surface area contributed by atoms with Gasteiger partial charge in [-0.25, -0.2) is 4.39 Å². The van der Waals surface area contributed by atoms with E-state index in [1.165, 1.54) is 12.1 Å². The molecule has 1 aromatic carbocycles. The zero-order valence-corrected chi connectivity index (χ0v) is 9.96. The zero-order chi connectivity index (χ0) is 12.8. The van der Waals surface area contributed by atoms with Crippen molar-refractivity contribution >= 4 is 11.6 Å². The highest BCUT2D eigenvalue weighted by molar-refractivity contribution is 5.91. The lowest BCUT2D eigenvalue weighted by Gasteiger charge is -2.09. The Morgan fingerprint density at radius 3 is 2.82 bits per heavy atom. The van der Waals surface area contributed by atoms with Crippen LogP contribution in [0, 0.1) is 23.1 Å². The van der Waals surface area contributed by atoms with Gasteiger partial charge in [-0.2, -0.15) is 5.26 Å². The van der Waals surface area contributed by atoms with Crippen LogP contribution in [-0.4, -0.2) is 5.91 Å². The molecular weight excluding hydrogens is 219 g/mol. The number of hydrogen-bond donors (Lipinski definition) is 1. The fourth-order valence-corrected chi connectivity index (χ4v) is 1.35. The number of nitrogens with one attached hydrogen (secondary N) is 1. The molecule has 1 atom stereocenters. The largest absolute Gasteiger partial charge is 0.324 e. The first kappa shape index (κ1) is 13.2. The number of nitrogens with zero attached hydrogens (tertiary/aromatic N) is 1. The minimum absolute atomic E-state index is 0.123. The number of amides is 1. The van der Waals surface area contributed by atoms with Gasteiger partial charge in [-0.15, -0.1) is 0 Å². The van der Waals surface area contributed by atoms with Crippen LogP contribution in [0.4, 0.5) is 10.1 Å². The van der Waals surface area contributed by atoms with Gasteiger partial charge in [0.2, 0.25) is 5.91 Å². The molecule has 0 aromatic heterocycles. The molecule has 0 aliphatic rings. The standard InChI is InChI=1S/C13H15FN2O/c1-3-9(2)6-13(17)16-12-5-4-10(8-15)7-11(12)14/h4-5,7,9H,3,6H2,1-2H3,(H,16,17). The summed E-state index contributed by atoms with van der Waals surface area (Å²) >= 11 is 0. The summed E-state index contributed by atoms with van der Waals surface area (Å²) in [4.78, 5) is 11.5. The van der Waals surface area contributed by atoms with E-state index < -0.39 is 5.82 Å². The summed E-state index contributed by atoms with van der Waals surface area (Å²) in [7, 11) is 0. The lowest BCUT2D eigenvalue weighted by molar-refractivity contribution is -0.117. The number of halogens is 1. The normalized spacial score (nSPS) is 11.6. The quantitative estimate of drug-likeness (QED) is 0.870. The van der Waals surface area contributed by atoms with Crippen molar-refractivity contribution < 1.29 is 9.18 Å². The maximum absolute atomic E-state index is 13.5. The van der Waals surface area contributed by atoms with Crippen LogP contribution in [0.3, 0.4) is 0 Å². The van der Waals surface area contributed by atoms with Crippen LogP contribution in [0.15, 0.2) is 18.2 Å². The SMILES string of the molecule is CCC(C)CC(=O)Nc1ccc(C#N)cc1F. The van der Waals surface area contributed by atoms with Crippen molar-refractivity contribution in [2.75, 3.05) is 5.32 Å². The number of carbonyl (C=O) groups excluding carboxylic acids is 1. The molecule has 17 heavy (non-hydrogen) atoms. The molecule has 0 aliphatic heterocycles. The van der Waals surface area contributed by atoms with Gasteiger partial charge in [-0.05, 0) is 24.1 Å². The lowest BCUT2D eigenvalue weighted by Crippen LogP contribution is -2.15. The molecule has 1 unspecified atom stereocenters. The second-order valence-corrected chi connectivity index (χ2v) is 4.07. The highest BCUT2D eigenvalue weighted by Crippen LogP contribution is 2.16. The molecule has 0 heterocycles. The average molecular weight is 234 g/mol. The van der Waals surface area contributed by atoms with Crippen LogP contribution in [0.5, 0.6) is 0 Å². The molecule has 1 amide bonds. The smallest absolute Gasteiger partial charge is 0.224 e. The summed E-state index contributed by atoms with van der Waals surface area (Å²) in [5, 5.41) is 11.1. The second-order valence-electron chi connectivity index (χ2n) is 4.07. The van der Waals surface area contributed by atoms with Crippen molar-refractivity contribution in [1.82, 2.24) is 0 Å². The third-order valence-corrected chi connectivity index (χ3v) is 2.60. The van der Waals surface area contributed by atoms with Crippen molar-refractivity contribution in [3.63, 3.8) is 0 Å². The van der Waals surface area contributed by atoms with Gasteiger partial charge in [0.25, 0.3) is 0 Å². The Balaban J connectivity index is 2.69. The van der Waals surface area contributed by atoms with Gasteiger partial charge in [0.05, 0.1) is 17.3 Å². The summed E-state index contributed by atoms with van der Waals surface area (Å²) in [6.45, 7) is 3.97. The van der Waals surface area contributed by atoms with Crippen molar-refractivity contribution in [3.05, 3.63) is 29.6 Å². The summed E-state index contributed by atoms with van der Waals surface area (Å²) in [6.07, 6.45) is 1.28. The Labute approximate surface area is 100 Å². The fraction of sp³-hybridized carbons (Fsp3) is 0.385. The number of benzene rings is 1. The lowest BCUT2D eigenvalue weighted by atomic mass is 10.0. The monoisotopic (exact) mass is 234 g/mol. The third-order valence-electron chi connectivity index (χ3n) is 2.60. The summed E-state index contributed by atoms with van der Waals surface area (Å²) < 4.78 is 13.5. The van der Waals surface area contributed by atoms with E-state index in [2.05, 4.69) is 5.32 Å². The van der Waals surface area contributed by atoms with Crippen LogP contribution in [0.25, 0.3) is 0 Å². The van der Waals surface area contributed by atoms with Crippen molar-refractivity contribution in [2.45, 2.75) is 26.7 Å². The Morgan fingerprint density at radius 2 is 2.29 bits per heavy atom. The Kier molecular flexibility index (Phi) is 4.65. The molecule has 0 spiro atoms. The molecule has 0 saturated heterocycles. The molecule has 90 valence electrons. The van der Waals surface area contributed by atoms with E-state index in [1.807, 2.05) is 19.9 Å². The van der Waals surface area contributed by atoms with E-state index >= 15 is 0 Å². The fourth-order valence-electron chi connectivity index (χ4n) is 1.35. The molecule has 0 radical (unpaired) electrons. The molecule has 4 heteroatoms. The van der Waals surface area contributed by atoms with E-state index in [0.29, 0.717) is 6.42 Å². The summed E-state index contributed by atoms with van der Waals surface area (Å²) in [5.74, 6) is -0.513. The molecule has 0 saturated carbocycles. The van der Waals surface area contributed by atoms with E-state index in [0.717, 1.165) is 12.5 Å². The van der Waals surface area contributed by atoms with E-state index in [1.54, 1.807) is 0 Å². The van der Waals surface area contributed by atoms with Gasteiger partial charge in [-0.3, -0.25) is 4.79 Å². The molecule has 1 N–H and O–H groups in total. The van der Waals surface area contributed by atoms with Crippen molar-refractivity contribution in [3.8, 4) is 6.07 Å². The molecule has 0 fully saturated rings. The minimum atomic E-state index is -0.582. The average Bonchev–Trinajstić information content (AvgIpc) is 2.31. The van der Waals surface area contributed by atoms with Crippen LogP contribution in [0.2, 0.25) is 0 Å². The van der Waals surface area contributed by atoms with E-state index in [9.17, 15) is 9.18 Å². The molecule has 1 aromatic rings.